The number of aromatic hydroxyl groups is 1. The van der Waals surface area contributed by atoms with Crippen molar-refractivity contribution in [3.8, 4) is 39.8 Å². The zero-order valence-electron chi connectivity index (χ0n) is 19.4. The molecule has 0 radical (unpaired) electrons. The van der Waals surface area contributed by atoms with E-state index in [0.29, 0.717) is 40.4 Å². The van der Waals surface area contributed by atoms with Crippen molar-refractivity contribution in [3.05, 3.63) is 94.4 Å². The Bertz CT molecular complexity index is 1400. The highest BCUT2D eigenvalue weighted by atomic mass is 16.5. The van der Waals surface area contributed by atoms with Gasteiger partial charge in [0.1, 0.15) is 17.2 Å². The molecule has 4 aromatic rings. The Kier molecular flexibility index (Phi) is 7.11. The molecule has 3 aromatic carbocycles. The lowest BCUT2D eigenvalue weighted by atomic mass is 10.1. The van der Waals surface area contributed by atoms with Gasteiger partial charge in [-0.3, -0.25) is 4.79 Å². The van der Waals surface area contributed by atoms with E-state index in [-0.39, 0.29) is 18.3 Å². The number of nitrogens with zero attached hydrogens (tertiary/aromatic N) is 1. The van der Waals surface area contributed by atoms with Crippen LogP contribution in [0.15, 0.2) is 77.6 Å². The third-order valence-electron chi connectivity index (χ3n) is 5.40. The molecule has 1 aromatic heterocycles. The SMILES string of the molecule is COc1ccc(CNC(=O)COc2cccc(-c3cc(-c4ccc(O)c(C)c4)nc(=O)[nH]3)c2)cc1. The monoisotopic (exact) mass is 471 g/mol. The van der Waals surface area contributed by atoms with Crippen LogP contribution >= 0.6 is 0 Å². The maximum absolute atomic E-state index is 12.2. The Morgan fingerprint density at radius 3 is 2.54 bits per heavy atom. The predicted octanol–water partition coefficient (Wildman–Crippen LogP) is 3.82. The largest absolute Gasteiger partial charge is 0.508 e. The Labute approximate surface area is 202 Å². The molecule has 1 amide bonds. The van der Waals surface area contributed by atoms with Gasteiger partial charge >= 0.3 is 5.69 Å². The summed E-state index contributed by atoms with van der Waals surface area (Å²) in [5, 5.41) is 12.6. The molecule has 1 heterocycles. The molecule has 0 bridgehead atoms. The molecule has 0 spiro atoms. The predicted molar refractivity (Wildman–Crippen MR) is 132 cm³/mol. The quantitative estimate of drug-likeness (QED) is 0.360. The van der Waals surface area contributed by atoms with Gasteiger partial charge in [-0.1, -0.05) is 24.3 Å². The van der Waals surface area contributed by atoms with Crippen molar-refractivity contribution in [1.29, 1.82) is 0 Å². The Hall–Kier alpha value is -4.59. The Balaban J connectivity index is 1.43. The van der Waals surface area contributed by atoms with Crippen LogP contribution in [0.2, 0.25) is 0 Å². The molecule has 0 saturated carbocycles. The molecule has 8 heteroatoms. The third kappa shape index (κ3) is 6.05. The zero-order valence-corrected chi connectivity index (χ0v) is 19.4. The summed E-state index contributed by atoms with van der Waals surface area (Å²) < 4.78 is 10.8. The molecule has 0 saturated heterocycles. The van der Waals surface area contributed by atoms with Crippen LogP contribution in [-0.2, 0) is 11.3 Å². The minimum atomic E-state index is -0.493. The van der Waals surface area contributed by atoms with Gasteiger partial charge < -0.3 is 24.9 Å². The number of amides is 1. The number of phenols is 1. The van der Waals surface area contributed by atoms with Crippen molar-refractivity contribution < 1.29 is 19.4 Å². The minimum Gasteiger partial charge on any atom is -0.508 e. The van der Waals surface area contributed by atoms with Gasteiger partial charge in [0.05, 0.1) is 18.5 Å². The molecular formula is C27H25N3O5. The first kappa shape index (κ1) is 23.6. The zero-order chi connectivity index (χ0) is 24.8. The van der Waals surface area contributed by atoms with Crippen LogP contribution in [0, 0.1) is 6.92 Å². The number of aromatic amines is 1. The fourth-order valence-corrected chi connectivity index (χ4v) is 3.47. The highest BCUT2D eigenvalue weighted by molar-refractivity contribution is 5.77. The fourth-order valence-electron chi connectivity index (χ4n) is 3.47. The maximum atomic E-state index is 12.2. The number of ether oxygens (including phenoxy) is 2. The highest BCUT2D eigenvalue weighted by Crippen LogP contribution is 2.27. The molecule has 0 fully saturated rings. The van der Waals surface area contributed by atoms with E-state index in [1.54, 1.807) is 56.5 Å². The van der Waals surface area contributed by atoms with E-state index in [0.717, 1.165) is 11.3 Å². The van der Waals surface area contributed by atoms with Gasteiger partial charge in [0, 0.05) is 17.7 Å². The Morgan fingerprint density at radius 2 is 1.80 bits per heavy atom. The van der Waals surface area contributed by atoms with Crippen LogP contribution in [0.5, 0.6) is 17.2 Å². The minimum absolute atomic E-state index is 0.148. The number of aryl methyl sites for hydroxylation is 1. The fraction of sp³-hybridized carbons (Fsp3) is 0.148. The van der Waals surface area contributed by atoms with E-state index >= 15 is 0 Å². The summed E-state index contributed by atoms with van der Waals surface area (Å²) in [6.07, 6.45) is 0. The number of hydrogen-bond donors (Lipinski definition) is 3. The summed E-state index contributed by atoms with van der Waals surface area (Å²) in [5.41, 5.74) is 3.60. The molecule has 0 unspecified atom stereocenters. The van der Waals surface area contributed by atoms with Crippen molar-refractivity contribution in [1.82, 2.24) is 15.3 Å². The Morgan fingerprint density at radius 1 is 1.00 bits per heavy atom. The van der Waals surface area contributed by atoms with E-state index in [1.165, 1.54) is 0 Å². The highest BCUT2D eigenvalue weighted by Gasteiger charge is 2.09. The van der Waals surface area contributed by atoms with Crippen LogP contribution in [-0.4, -0.2) is 34.7 Å². The molecule has 8 nitrogen and oxygen atoms in total. The number of methoxy groups -OCH3 is 1. The van der Waals surface area contributed by atoms with Crippen LogP contribution < -0.4 is 20.5 Å². The van der Waals surface area contributed by atoms with E-state index in [4.69, 9.17) is 9.47 Å². The summed E-state index contributed by atoms with van der Waals surface area (Å²) in [6.45, 7) is 2.01. The average Bonchev–Trinajstić information content (AvgIpc) is 2.88. The van der Waals surface area contributed by atoms with Crippen molar-refractivity contribution >= 4 is 5.91 Å². The summed E-state index contributed by atoms with van der Waals surface area (Å²) in [7, 11) is 1.60. The maximum Gasteiger partial charge on any atom is 0.345 e. The van der Waals surface area contributed by atoms with Gasteiger partial charge in [-0.25, -0.2) is 4.79 Å². The van der Waals surface area contributed by atoms with Gasteiger partial charge in [-0.15, -0.1) is 0 Å². The molecule has 0 aliphatic carbocycles. The third-order valence-corrected chi connectivity index (χ3v) is 5.40. The lowest BCUT2D eigenvalue weighted by Gasteiger charge is -2.10. The summed E-state index contributed by atoms with van der Waals surface area (Å²) in [4.78, 5) is 31.3. The average molecular weight is 472 g/mol. The van der Waals surface area contributed by atoms with E-state index < -0.39 is 5.69 Å². The summed E-state index contributed by atoms with van der Waals surface area (Å²) in [6, 6.07) is 21.3. The molecule has 0 aliphatic rings. The van der Waals surface area contributed by atoms with Crippen molar-refractivity contribution in [3.63, 3.8) is 0 Å². The van der Waals surface area contributed by atoms with E-state index in [2.05, 4.69) is 15.3 Å². The van der Waals surface area contributed by atoms with Crippen molar-refractivity contribution in [2.24, 2.45) is 0 Å². The molecule has 0 atom stereocenters. The van der Waals surface area contributed by atoms with Crippen LogP contribution in [0.1, 0.15) is 11.1 Å². The van der Waals surface area contributed by atoms with Crippen molar-refractivity contribution in [2.45, 2.75) is 13.5 Å². The second-order valence-electron chi connectivity index (χ2n) is 7.93. The normalized spacial score (nSPS) is 10.6. The first-order valence-electron chi connectivity index (χ1n) is 11.0. The van der Waals surface area contributed by atoms with Crippen LogP contribution in [0.4, 0.5) is 0 Å². The second kappa shape index (κ2) is 10.6. The van der Waals surface area contributed by atoms with E-state index in [9.17, 15) is 14.7 Å². The number of aromatic nitrogens is 2. The number of carbonyl (C=O) groups is 1. The number of nitrogens with one attached hydrogen (secondary N) is 2. The molecule has 178 valence electrons. The van der Waals surface area contributed by atoms with Crippen molar-refractivity contribution in [2.75, 3.05) is 13.7 Å². The van der Waals surface area contributed by atoms with Gasteiger partial charge in [0.25, 0.3) is 5.91 Å². The van der Waals surface area contributed by atoms with Gasteiger partial charge in [-0.05, 0) is 66.6 Å². The number of benzene rings is 3. The van der Waals surface area contributed by atoms with Gasteiger partial charge in [0.2, 0.25) is 0 Å². The topological polar surface area (TPSA) is 114 Å². The van der Waals surface area contributed by atoms with Gasteiger partial charge in [0.15, 0.2) is 6.61 Å². The lowest BCUT2D eigenvalue weighted by molar-refractivity contribution is -0.123. The molecule has 3 N–H and O–H groups in total. The summed E-state index contributed by atoms with van der Waals surface area (Å²) >= 11 is 0. The lowest BCUT2D eigenvalue weighted by Crippen LogP contribution is -2.28. The number of phenolic OH excluding ortho intramolecular Hbond substituents is 1. The number of H-pyrrole nitrogens is 1. The number of hydrogen-bond acceptors (Lipinski definition) is 6. The summed E-state index contributed by atoms with van der Waals surface area (Å²) in [5.74, 6) is 1.16. The first-order chi connectivity index (χ1) is 16.9. The molecule has 4 rings (SSSR count). The van der Waals surface area contributed by atoms with Crippen LogP contribution in [0.3, 0.4) is 0 Å². The molecule has 35 heavy (non-hydrogen) atoms. The van der Waals surface area contributed by atoms with Gasteiger partial charge in [-0.2, -0.15) is 4.98 Å². The van der Waals surface area contributed by atoms with E-state index in [1.807, 2.05) is 30.3 Å². The number of carbonyl (C=O) groups excluding carboxylic acids is 1. The molecule has 0 aliphatic heterocycles. The first-order valence-corrected chi connectivity index (χ1v) is 11.0. The number of rotatable bonds is 8. The smallest absolute Gasteiger partial charge is 0.345 e. The standard InChI is InChI=1S/C27H25N3O5/c1-17-12-20(8-11-25(17)31)24-14-23(29-27(33)30-24)19-4-3-5-22(13-19)35-16-26(32)28-15-18-6-9-21(34-2)10-7-18/h3-14,31H,15-16H2,1-2H3,(H,28,32)(H,29,30,33). The second-order valence-corrected chi connectivity index (χ2v) is 7.93. The van der Waals surface area contributed by atoms with Crippen LogP contribution in [0.25, 0.3) is 22.5 Å². The molecular weight excluding hydrogens is 446 g/mol.